The maximum atomic E-state index is 12.7. The van der Waals surface area contributed by atoms with E-state index < -0.39 is 11.6 Å². The van der Waals surface area contributed by atoms with Crippen molar-refractivity contribution in [1.82, 2.24) is 10.2 Å². The number of piperazine rings is 1. The zero-order valence-electron chi connectivity index (χ0n) is 12.8. The maximum absolute atomic E-state index is 12.7. The second kappa shape index (κ2) is 5.90. The number of methoxy groups -OCH3 is 1. The summed E-state index contributed by atoms with van der Waals surface area (Å²) in [4.78, 5) is 26.6. The predicted molar refractivity (Wildman–Crippen MR) is 73.6 cm³/mol. The van der Waals surface area contributed by atoms with Crippen LogP contribution >= 0.6 is 0 Å². The van der Waals surface area contributed by atoms with Crippen LogP contribution in [0.4, 0.5) is 0 Å². The number of carbonyl (C=O) groups is 2. The molecule has 5 heteroatoms. The van der Waals surface area contributed by atoms with Crippen molar-refractivity contribution in [2.75, 3.05) is 13.7 Å². The van der Waals surface area contributed by atoms with Gasteiger partial charge in [-0.05, 0) is 26.7 Å². The molecular formula is C14H26N2O3. The molecule has 0 radical (unpaired) electrons. The highest BCUT2D eigenvalue weighted by molar-refractivity contribution is 5.99. The van der Waals surface area contributed by atoms with Crippen molar-refractivity contribution < 1.29 is 14.3 Å². The van der Waals surface area contributed by atoms with Gasteiger partial charge < -0.3 is 15.0 Å². The molecule has 1 N–H and O–H groups in total. The molecule has 1 rings (SSSR count). The summed E-state index contributed by atoms with van der Waals surface area (Å²) < 4.78 is 5.13. The lowest BCUT2D eigenvalue weighted by Crippen LogP contribution is -2.71. The van der Waals surface area contributed by atoms with Crippen LogP contribution in [-0.2, 0) is 14.3 Å². The fraction of sp³-hybridized carbons (Fsp3) is 0.857. The van der Waals surface area contributed by atoms with E-state index in [-0.39, 0.29) is 23.8 Å². The number of hydrogen-bond acceptors (Lipinski definition) is 3. The number of nitrogens with zero attached hydrogens (tertiary/aromatic N) is 1. The Morgan fingerprint density at radius 3 is 2.42 bits per heavy atom. The van der Waals surface area contributed by atoms with Crippen LogP contribution in [0.3, 0.4) is 0 Å². The standard InChI is InChI=1S/C14H26N2O3/c1-7-9(2)11-12(17)16(10(3)8-19-6)14(4,5)13(18)15-11/h9-11H,7-8H2,1-6H3,(H,15,18). The highest BCUT2D eigenvalue weighted by Gasteiger charge is 2.49. The maximum Gasteiger partial charge on any atom is 0.246 e. The van der Waals surface area contributed by atoms with Gasteiger partial charge in [-0.2, -0.15) is 0 Å². The van der Waals surface area contributed by atoms with Crippen LogP contribution in [0.25, 0.3) is 0 Å². The number of nitrogens with one attached hydrogen (secondary N) is 1. The van der Waals surface area contributed by atoms with Crippen LogP contribution in [0.5, 0.6) is 0 Å². The van der Waals surface area contributed by atoms with Gasteiger partial charge in [0.15, 0.2) is 0 Å². The van der Waals surface area contributed by atoms with E-state index in [4.69, 9.17) is 4.74 Å². The van der Waals surface area contributed by atoms with Crippen LogP contribution in [0.1, 0.15) is 41.0 Å². The lowest BCUT2D eigenvalue weighted by atomic mass is 9.88. The van der Waals surface area contributed by atoms with E-state index in [9.17, 15) is 9.59 Å². The molecule has 0 spiro atoms. The minimum absolute atomic E-state index is 0.0106. The SMILES string of the molecule is CCC(C)C1NC(=O)C(C)(C)N(C(C)COC)C1=O. The smallest absolute Gasteiger partial charge is 0.246 e. The molecule has 0 bridgehead atoms. The van der Waals surface area contributed by atoms with Gasteiger partial charge in [0, 0.05) is 7.11 Å². The summed E-state index contributed by atoms with van der Waals surface area (Å²) in [7, 11) is 1.60. The lowest BCUT2D eigenvalue weighted by Gasteiger charge is -2.48. The molecule has 0 aromatic heterocycles. The van der Waals surface area contributed by atoms with Crippen molar-refractivity contribution in [3.8, 4) is 0 Å². The first-order valence-electron chi connectivity index (χ1n) is 6.90. The molecule has 110 valence electrons. The molecule has 0 aromatic carbocycles. The van der Waals surface area contributed by atoms with Crippen molar-refractivity contribution in [3.63, 3.8) is 0 Å². The Bertz CT molecular complexity index is 355. The third-order valence-electron chi connectivity index (χ3n) is 4.01. The first-order valence-corrected chi connectivity index (χ1v) is 6.90. The Kier molecular flexibility index (Phi) is 4.96. The summed E-state index contributed by atoms with van der Waals surface area (Å²) in [5.41, 5.74) is -0.834. The monoisotopic (exact) mass is 270 g/mol. The van der Waals surface area contributed by atoms with E-state index in [2.05, 4.69) is 5.32 Å². The van der Waals surface area contributed by atoms with E-state index in [0.717, 1.165) is 6.42 Å². The van der Waals surface area contributed by atoms with E-state index in [1.165, 1.54) is 0 Å². The minimum Gasteiger partial charge on any atom is -0.383 e. The van der Waals surface area contributed by atoms with Crippen LogP contribution in [0.15, 0.2) is 0 Å². The van der Waals surface area contributed by atoms with Gasteiger partial charge >= 0.3 is 0 Å². The average Bonchev–Trinajstić information content (AvgIpc) is 2.33. The second-order valence-electron chi connectivity index (χ2n) is 5.91. The van der Waals surface area contributed by atoms with Crippen molar-refractivity contribution in [3.05, 3.63) is 0 Å². The number of carbonyl (C=O) groups excluding carboxylic acids is 2. The van der Waals surface area contributed by atoms with Gasteiger partial charge in [0.2, 0.25) is 11.8 Å². The molecule has 1 fully saturated rings. The van der Waals surface area contributed by atoms with Gasteiger partial charge in [0.25, 0.3) is 0 Å². The molecule has 3 atom stereocenters. The first kappa shape index (κ1) is 16.0. The fourth-order valence-electron chi connectivity index (χ4n) is 2.62. The third-order valence-corrected chi connectivity index (χ3v) is 4.01. The number of hydrogen-bond donors (Lipinski definition) is 1. The van der Waals surface area contributed by atoms with Crippen molar-refractivity contribution in [1.29, 1.82) is 0 Å². The van der Waals surface area contributed by atoms with Crippen LogP contribution in [0, 0.1) is 5.92 Å². The topological polar surface area (TPSA) is 58.6 Å². The van der Waals surface area contributed by atoms with E-state index in [1.807, 2.05) is 20.8 Å². The van der Waals surface area contributed by atoms with Gasteiger partial charge in [-0.25, -0.2) is 0 Å². The largest absolute Gasteiger partial charge is 0.383 e. The zero-order chi connectivity index (χ0) is 14.8. The summed E-state index contributed by atoms with van der Waals surface area (Å²) in [5, 5.41) is 2.86. The van der Waals surface area contributed by atoms with Crippen LogP contribution in [-0.4, -0.2) is 48.1 Å². The normalized spacial score (nSPS) is 26.0. The van der Waals surface area contributed by atoms with E-state index in [0.29, 0.717) is 6.61 Å². The summed E-state index contributed by atoms with van der Waals surface area (Å²) >= 11 is 0. The minimum atomic E-state index is -0.834. The molecule has 1 saturated heterocycles. The van der Waals surface area contributed by atoms with Gasteiger partial charge in [0.05, 0.1) is 12.6 Å². The molecule has 1 aliphatic heterocycles. The zero-order valence-corrected chi connectivity index (χ0v) is 12.8. The second-order valence-corrected chi connectivity index (χ2v) is 5.91. The van der Waals surface area contributed by atoms with Crippen molar-refractivity contribution in [2.24, 2.45) is 5.92 Å². The molecule has 1 heterocycles. The number of rotatable bonds is 5. The molecule has 0 saturated carbocycles. The third kappa shape index (κ3) is 2.91. The Balaban J connectivity index is 3.07. The molecule has 0 aliphatic carbocycles. The van der Waals surface area contributed by atoms with Gasteiger partial charge in [0.1, 0.15) is 11.6 Å². The fourth-order valence-corrected chi connectivity index (χ4v) is 2.62. The molecular weight excluding hydrogens is 244 g/mol. The van der Waals surface area contributed by atoms with Crippen molar-refractivity contribution >= 4 is 11.8 Å². The van der Waals surface area contributed by atoms with Gasteiger partial charge in [-0.1, -0.05) is 20.3 Å². The summed E-state index contributed by atoms with van der Waals surface area (Å²) in [6.07, 6.45) is 0.851. The number of ether oxygens (including phenoxy) is 1. The van der Waals surface area contributed by atoms with E-state index >= 15 is 0 Å². The first-order chi connectivity index (χ1) is 8.77. The molecule has 2 amide bonds. The van der Waals surface area contributed by atoms with Crippen molar-refractivity contribution in [2.45, 2.75) is 58.7 Å². The summed E-state index contributed by atoms with van der Waals surface area (Å²) in [6.45, 7) is 9.90. The summed E-state index contributed by atoms with van der Waals surface area (Å²) in [5.74, 6) is 0.0219. The Morgan fingerprint density at radius 2 is 1.95 bits per heavy atom. The number of amides is 2. The Labute approximate surface area is 115 Å². The van der Waals surface area contributed by atoms with Crippen LogP contribution < -0.4 is 5.32 Å². The molecule has 0 aromatic rings. The highest BCUT2D eigenvalue weighted by Crippen LogP contribution is 2.27. The molecule has 5 nitrogen and oxygen atoms in total. The van der Waals surface area contributed by atoms with Gasteiger partial charge in [-0.3, -0.25) is 9.59 Å². The molecule has 19 heavy (non-hydrogen) atoms. The molecule has 3 unspecified atom stereocenters. The summed E-state index contributed by atoms with van der Waals surface area (Å²) in [6, 6.07) is -0.546. The Hall–Kier alpha value is -1.10. The van der Waals surface area contributed by atoms with Crippen LogP contribution in [0.2, 0.25) is 0 Å². The van der Waals surface area contributed by atoms with Gasteiger partial charge in [-0.15, -0.1) is 0 Å². The Morgan fingerprint density at radius 1 is 1.37 bits per heavy atom. The average molecular weight is 270 g/mol. The quantitative estimate of drug-likeness (QED) is 0.816. The lowest BCUT2D eigenvalue weighted by molar-refractivity contribution is -0.161. The van der Waals surface area contributed by atoms with E-state index in [1.54, 1.807) is 25.9 Å². The highest BCUT2D eigenvalue weighted by atomic mass is 16.5. The molecule has 1 aliphatic rings. The predicted octanol–water partition coefficient (Wildman–Crippen LogP) is 1.17.